The molecular weight excluding hydrogens is 662 g/mol. The zero-order valence-electron chi connectivity index (χ0n) is 29.9. The number of hydrogen-bond acceptors (Lipinski definition) is 2. The second-order valence-electron chi connectivity index (χ2n) is 13.6. The van der Waals surface area contributed by atoms with Gasteiger partial charge in [0.05, 0.1) is 0 Å². The van der Waals surface area contributed by atoms with E-state index in [1.807, 2.05) is 60.7 Å². The Morgan fingerprint density at radius 2 is 0.875 bits per heavy atom. The van der Waals surface area contributed by atoms with Crippen LogP contribution in [0.3, 0.4) is 0 Å². The van der Waals surface area contributed by atoms with Crippen LogP contribution in [0.2, 0.25) is 0 Å². The van der Waals surface area contributed by atoms with E-state index in [4.69, 9.17) is 114 Å². The normalized spacial score (nSPS) is 11.5. The van der Waals surface area contributed by atoms with Gasteiger partial charge in [-0.25, -0.2) is 0 Å². The second kappa shape index (κ2) is 14.0. The lowest BCUT2D eigenvalue weighted by atomic mass is 9.56. The van der Waals surface area contributed by atoms with Crippen molar-refractivity contribution in [2.45, 2.75) is 0 Å². The van der Waals surface area contributed by atoms with Gasteiger partial charge in [0.2, 0.25) is 0 Å². The average molecular weight is 675 g/mol. The molecule has 0 fully saturated rings. The third-order valence-electron chi connectivity index (χ3n) is 10.5. The lowest BCUT2D eigenvalue weighted by molar-refractivity contribution is 0.673. The Balaban J connectivity index is 1.42. The predicted molar refractivity (Wildman–Crippen MR) is 252 cm³/mol. The quantitative estimate of drug-likeness (QED) is 0.170. The Morgan fingerprint density at radius 3 is 1.46 bits per heavy atom. The lowest BCUT2D eigenvalue weighted by Gasteiger charge is -2.37. The first-order chi connectivity index (χ1) is 26.6. The molecule has 56 heavy (non-hydrogen) atoms. The van der Waals surface area contributed by atoms with Crippen molar-refractivity contribution in [3.63, 3.8) is 0 Å². The van der Waals surface area contributed by atoms with E-state index >= 15 is 0 Å². The van der Waals surface area contributed by atoms with Crippen LogP contribution in [0, 0.1) is 0 Å². The fourth-order valence-corrected chi connectivity index (χ4v) is 7.50. The van der Waals surface area contributed by atoms with Crippen LogP contribution in [0.1, 0.15) is 0 Å². The Morgan fingerprint density at radius 1 is 0.393 bits per heavy atom. The van der Waals surface area contributed by atoms with E-state index in [0.717, 1.165) is 38.3 Å². The average Bonchev–Trinajstić information content (AvgIpc) is 3.60. The van der Waals surface area contributed by atoms with E-state index in [2.05, 4.69) is 12.1 Å². The molecule has 0 saturated carbocycles. The van der Waals surface area contributed by atoms with Crippen molar-refractivity contribution in [3.8, 4) is 22.3 Å². The van der Waals surface area contributed by atoms with Gasteiger partial charge in [-0.1, -0.05) is 98.3 Å². The van der Waals surface area contributed by atoms with Gasteiger partial charge in [0.25, 0.3) is 0 Å². The Hall–Kier alpha value is -4.69. The maximum Gasteiger partial charge on any atom is 0.143 e. The van der Waals surface area contributed by atoms with Gasteiger partial charge in [-0.15, -0.1) is 32.8 Å². The Labute approximate surface area is 344 Å². The summed E-state index contributed by atoms with van der Waals surface area (Å²) in [7, 11) is 91.4. The molecule has 28 radical (unpaired) electrons. The molecule has 8 aromatic rings. The van der Waals surface area contributed by atoms with Gasteiger partial charge in [-0.2, -0.15) is 0 Å². The summed E-state index contributed by atoms with van der Waals surface area (Å²) < 4.78 is 6.47. The summed E-state index contributed by atoms with van der Waals surface area (Å²) in [5, 5.41) is 3.90. The topological polar surface area (TPSA) is 16.4 Å². The number of benzene rings is 7. The molecule has 7 aromatic carbocycles. The first-order valence-corrected chi connectivity index (χ1v) is 17.2. The molecule has 0 unspecified atom stereocenters. The minimum absolute atomic E-state index is 0.00135. The minimum atomic E-state index is -0.0646. The van der Waals surface area contributed by atoms with E-state index in [1.54, 1.807) is 11.0 Å². The van der Waals surface area contributed by atoms with Crippen molar-refractivity contribution >= 4 is 236 Å². The van der Waals surface area contributed by atoms with Gasteiger partial charge < -0.3 is 9.32 Å². The monoisotopic (exact) mass is 677 g/mol. The molecule has 0 aliphatic rings. The first kappa shape index (κ1) is 38.2. The first-order valence-electron chi connectivity index (χ1n) is 17.2. The summed E-state index contributed by atoms with van der Waals surface area (Å²) in [5.74, 6) is 0. The molecule has 226 valence electrons. The summed E-state index contributed by atoms with van der Waals surface area (Å²) in [5.41, 5.74) is 3.61. The highest BCUT2D eigenvalue weighted by Gasteiger charge is 2.27. The molecule has 0 aliphatic heterocycles. The van der Waals surface area contributed by atoms with Crippen LogP contribution >= 0.6 is 0 Å². The third kappa shape index (κ3) is 5.60. The maximum atomic E-state index is 6.94. The Bertz CT molecular complexity index is 2910. The molecule has 0 bridgehead atoms. The molecule has 0 amide bonds. The van der Waals surface area contributed by atoms with Crippen LogP contribution in [0.15, 0.2) is 83.3 Å². The number of anilines is 3. The minimum Gasteiger partial charge on any atom is -0.455 e. The van der Waals surface area contributed by atoms with Crippen molar-refractivity contribution in [1.29, 1.82) is 0 Å². The summed E-state index contributed by atoms with van der Waals surface area (Å²) in [4.78, 5) is 1.58. The maximum absolute atomic E-state index is 6.94. The molecule has 1 heterocycles. The van der Waals surface area contributed by atoms with Gasteiger partial charge in [0.15, 0.2) is 0 Å². The van der Waals surface area contributed by atoms with E-state index in [9.17, 15) is 0 Å². The number of hydrogen-bond donors (Lipinski definition) is 0. The molecule has 1 aromatic heterocycles. The zero-order chi connectivity index (χ0) is 40.1. The van der Waals surface area contributed by atoms with E-state index < -0.39 is 0 Å². The highest BCUT2D eigenvalue weighted by Crippen LogP contribution is 2.41. The van der Waals surface area contributed by atoms with Gasteiger partial charge in [-0.3, -0.25) is 0 Å². The highest BCUT2D eigenvalue weighted by atomic mass is 16.3. The summed E-state index contributed by atoms with van der Waals surface area (Å²) in [6.45, 7) is 0. The zero-order valence-corrected chi connectivity index (χ0v) is 29.9. The molecule has 8 rings (SSSR count). The van der Waals surface area contributed by atoms with Crippen LogP contribution in [-0.2, 0) is 0 Å². The second-order valence-corrected chi connectivity index (χ2v) is 13.6. The summed E-state index contributed by atoms with van der Waals surface area (Å²) >= 11 is 0. The molecule has 2 nitrogen and oxygen atoms in total. The van der Waals surface area contributed by atoms with Crippen LogP contribution in [0.4, 0.5) is 17.1 Å². The van der Waals surface area contributed by atoms with Crippen molar-refractivity contribution in [2.75, 3.05) is 4.90 Å². The highest BCUT2D eigenvalue weighted by molar-refractivity contribution is 6.72. The summed E-state index contributed by atoms with van der Waals surface area (Å²) in [6.07, 6.45) is 0. The number of fused-ring (bicyclic) bond motifs is 5. The predicted octanol–water partition coefficient (Wildman–Crippen LogP) is -5.34. The number of rotatable bonds is 5. The van der Waals surface area contributed by atoms with Crippen molar-refractivity contribution in [1.82, 2.24) is 0 Å². The van der Waals surface area contributed by atoms with Crippen molar-refractivity contribution < 1.29 is 4.42 Å². The van der Waals surface area contributed by atoms with Crippen LogP contribution in [0.25, 0.3) is 55.0 Å². The van der Waals surface area contributed by atoms with E-state index in [1.165, 1.54) is 0 Å². The fraction of sp³-hybridized carbons (Fsp3) is 0. The molecule has 0 saturated heterocycles. The van der Waals surface area contributed by atoms with E-state index in [0.29, 0.717) is 11.3 Å². The lowest BCUT2D eigenvalue weighted by Crippen LogP contribution is -2.58. The Kier molecular flexibility index (Phi) is 9.58. The van der Waals surface area contributed by atoms with Crippen LogP contribution in [-0.4, -0.2) is 110 Å². The van der Waals surface area contributed by atoms with Gasteiger partial charge >= 0.3 is 0 Å². The molecule has 0 aliphatic carbocycles. The molecule has 0 spiro atoms. The molecule has 0 N–H and O–H groups in total. The van der Waals surface area contributed by atoms with Crippen LogP contribution < -0.4 is 81.4 Å². The van der Waals surface area contributed by atoms with Gasteiger partial charge in [0, 0.05) is 33.2 Å². The fourth-order valence-electron chi connectivity index (χ4n) is 7.50. The standard InChI is InChI=1S/C40H13B14NO/c41-24-22(25(42)29(46)30(47)28(24)45)23-26(43)34(51)38(35(52)27(23)44)55(39-36(53)32(49)31(48)33(50)37(39)54)16-7-3-6-15(13-16)17-9-4-10-20-21(17)19-12-11-14-5-1-2-8-18(14)40(19)56-20/h1-13H. The SMILES string of the molecule is [B]c1c([B])c([B])c(-c2c([B])c([B])c(N(c3cccc(-c4cccc5oc6c7ccccc7ccc6c45)c3)c3c([B])c([B])c([B])c([B])c3[B])c([B])c2[B])c([B])c1[B]. The van der Waals surface area contributed by atoms with E-state index in [-0.39, 0.29) is 99.0 Å². The molecule has 16 heteroatoms. The third-order valence-corrected chi connectivity index (χ3v) is 10.5. The van der Waals surface area contributed by atoms with Crippen molar-refractivity contribution in [2.24, 2.45) is 0 Å². The molecular formula is C40H13B14NO. The van der Waals surface area contributed by atoms with Gasteiger partial charge in [-0.05, 0) is 51.9 Å². The van der Waals surface area contributed by atoms with Crippen LogP contribution in [0.5, 0.6) is 0 Å². The molecule has 0 atom stereocenters. The number of furan rings is 1. The van der Waals surface area contributed by atoms with Crippen molar-refractivity contribution in [3.05, 3.63) is 78.9 Å². The smallest absolute Gasteiger partial charge is 0.143 e. The number of nitrogens with zero attached hydrogens (tertiary/aromatic N) is 1. The van der Waals surface area contributed by atoms with Gasteiger partial charge in [0.1, 0.15) is 121 Å². The summed E-state index contributed by atoms with van der Waals surface area (Å²) in [6, 6.07) is 25.5. The largest absolute Gasteiger partial charge is 0.455 e.